The zero-order valence-electron chi connectivity index (χ0n) is 47.6. The number of hydrogen-bond acceptors (Lipinski definition) is 18. The Hall–Kier alpha value is -8.30. The van der Waals surface area contributed by atoms with Gasteiger partial charge in [-0.15, -0.1) is 0 Å². The molecule has 1 saturated heterocycles. The molecule has 86 heavy (non-hydrogen) atoms. The number of aromatic nitrogens is 2. The van der Waals surface area contributed by atoms with E-state index < -0.39 is 172 Å². The molecule has 1 aliphatic heterocycles. The molecule has 0 unspecified atom stereocenters. The molecule has 0 bridgehead atoms. The van der Waals surface area contributed by atoms with E-state index in [4.69, 9.17) is 22.9 Å². The van der Waals surface area contributed by atoms with Crippen molar-refractivity contribution >= 4 is 78.9 Å². The van der Waals surface area contributed by atoms with Gasteiger partial charge in [0, 0.05) is 50.7 Å². The number of benzene rings is 1. The van der Waals surface area contributed by atoms with E-state index >= 15 is 0 Å². The van der Waals surface area contributed by atoms with E-state index in [1.165, 1.54) is 24.7 Å². The number of likely N-dealkylation sites (tertiary alicyclic amines) is 1. The smallest absolute Gasteiger partial charge is 0.481 e. The lowest BCUT2D eigenvalue weighted by atomic mass is 9.96. The van der Waals surface area contributed by atoms with Crippen molar-refractivity contribution in [2.75, 3.05) is 26.2 Å². The number of aromatic amines is 1. The summed E-state index contributed by atoms with van der Waals surface area (Å²) in [5.41, 5.74) is 22.9. The fourth-order valence-electron chi connectivity index (χ4n) is 8.82. The van der Waals surface area contributed by atoms with Crippen LogP contribution in [0.5, 0.6) is 5.75 Å². The Labute approximate surface area is 493 Å². The molecule has 8 amide bonds. The molecule has 0 aliphatic carbocycles. The Bertz CT molecular complexity index is 2710. The summed E-state index contributed by atoms with van der Waals surface area (Å²) in [6.07, 6.45) is 0.866. The number of imidazole rings is 1. The van der Waals surface area contributed by atoms with Crippen LogP contribution in [0.25, 0.3) is 0 Å². The minimum atomic E-state index is -5.05. The molecule has 2 heterocycles. The van der Waals surface area contributed by atoms with Gasteiger partial charge in [-0.25, -0.2) is 14.3 Å². The van der Waals surface area contributed by atoms with Gasteiger partial charge in [-0.2, -0.15) is 0 Å². The molecule has 1 fully saturated rings. The maximum absolute atomic E-state index is 14.5. The number of H-pyrrole nitrogens is 1. The number of carboxylic acid groups (broad SMARTS) is 3. The molecule has 1 aromatic carbocycles. The first kappa shape index (κ1) is 72.0. The number of unbranched alkanes of at least 4 members (excludes halogenated alkanes) is 1. The number of amides is 8. The summed E-state index contributed by atoms with van der Waals surface area (Å²) in [7, 11) is -5.05. The summed E-state index contributed by atoms with van der Waals surface area (Å²) in [5, 5.41) is 56.6. The summed E-state index contributed by atoms with van der Waals surface area (Å²) in [5.74, 6) is -13.6. The molecular formula is C51H80N15O19P. The second kappa shape index (κ2) is 35.9. The zero-order valence-corrected chi connectivity index (χ0v) is 48.4. The Balaban J connectivity index is 2.01. The third-order valence-electron chi connectivity index (χ3n) is 13.7. The predicted molar refractivity (Wildman–Crippen MR) is 302 cm³/mol. The first-order chi connectivity index (χ1) is 40.6. The second-order valence-electron chi connectivity index (χ2n) is 20.4. The predicted octanol–water partition coefficient (Wildman–Crippen LogP) is -4.59. The lowest BCUT2D eigenvalue weighted by molar-refractivity contribution is -0.150. The molecule has 0 radical (unpaired) electrons. The number of carbonyl (C=O) groups is 11. The highest BCUT2D eigenvalue weighted by Gasteiger charge is 2.41. The van der Waals surface area contributed by atoms with Crippen LogP contribution >= 0.6 is 7.82 Å². The van der Waals surface area contributed by atoms with E-state index in [0.717, 1.165) is 17.0 Å². The summed E-state index contributed by atoms with van der Waals surface area (Å²) >= 11 is 0. The molecular weight excluding hydrogens is 1160 g/mol. The lowest BCUT2D eigenvalue weighted by Crippen LogP contribution is -2.61. The maximum atomic E-state index is 14.5. The Morgan fingerprint density at radius 1 is 0.721 bits per heavy atom. The standard InChI is InChI=1S/C51H80N15O19P/c1-3-27(2)41(49(79)66-21-7-10-38(66)50(80)81)65-47(77)36(23-29-24-56-26-58-29)63-45(75)34(16-18-40(70)71)60-44(74)33(15-17-39(68)69)61-46(76)35(22-28-11-13-30(14-12-28)85-86(82,83)84)62-48(78)37(25-67)64-43(73)32(9-6-20-57-51(54)55)59-42(72)31(53)8-4-5-19-52/h11-14,24,26-27,31-38,41,67H,3-10,15-23,25,52-53H2,1-2H3,(H,56,58)(H,59,72)(H,60,74)(H,61,76)(H,62,78)(H,63,75)(H,64,73)(H,65,77)(H,68,69)(H,70,71)(H,80,81)(H4,54,55,57)(H2,82,83,84)/t27-,31-,32-,33-,34-,35-,36-,37-,38-,41-/m0/s1. The normalized spacial score (nSPS) is 16.2. The van der Waals surface area contributed by atoms with E-state index in [9.17, 15) is 87.5 Å². The monoisotopic (exact) mass is 1240 g/mol. The van der Waals surface area contributed by atoms with E-state index in [1.54, 1.807) is 13.8 Å². The average Bonchev–Trinajstić information content (AvgIpc) is 3.48. The maximum Gasteiger partial charge on any atom is 0.524 e. The number of carboxylic acids is 3. The number of phosphoric ester groups is 1. The molecule has 10 atom stereocenters. The minimum absolute atomic E-state index is 0.00750. The van der Waals surface area contributed by atoms with Crippen molar-refractivity contribution < 1.29 is 92.0 Å². The summed E-state index contributed by atoms with van der Waals surface area (Å²) < 4.78 is 16.1. The molecule has 2 aromatic rings. The number of aliphatic hydroxyl groups is 1. The van der Waals surface area contributed by atoms with Crippen molar-refractivity contribution in [1.82, 2.24) is 52.1 Å². The van der Waals surface area contributed by atoms with Gasteiger partial charge in [-0.05, 0) is 81.5 Å². The number of aliphatic hydroxyl groups excluding tert-OH is 1. The van der Waals surface area contributed by atoms with Crippen LogP contribution in [0.1, 0.15) is 102 Å². The van der Waals surface area contributed by atoms with Crippen molar-refractivity contribution in [2.45, 2.75) is 158 Å². The third kappa shape index (κ3) is 25.1. The number of aliphatic imine (C=N–C) groups is 1. The number of carbonyl (C=O) groups excluding carboxylic acids is 8. The Morgan fingerprint density at radius 2 is 1.23 bits per heavy atom. The molecule has 3 rings (SSSR count). The van der Waals surface area contributed by atoms with Crippen molar-refractivity contribution in [1.29, 1.82) is 0 Å². The summed E-state index contributed by atoms with van der Waals surface area (Å²) in [4.78, 5) is 179. The van der Waals surface area contributed by atoms with Crippen LogP contribution in [0.3, 0.4) is 0 Å². The fourth-order valence-corrected chi connectivity index (χ4v) is 9.21. The Kier molecular flexibility index (Phi) is 30.0. The van der Waals surface area contributed by atoms with Gasteiger partial charge in [-0.3, -0.25) is 62.7 Å². The van der Waals surface area contributed by atoms with Crippen LogP contribution in [0.15, 0.2) is 41.8 Å². The topological polar surface area (TPSA) is 568 Å². The first-order valence-corrected chi connectivity index (χ1v) is 29.1. The van der Waals surface area contributed by atoms with Gasteiger partial charge in [0.05, 0.1) is 19.0 Å². The highest BCUT2D eigenvalue weighted by molar-refractivity contribution is 7.46. The number of aliphatic carboxylic acids is 3. The van der Waals surface area contributed by atoms with Gasteiger partial charge in [0.15, 0.2) is 5.96 Å². The number of phosphoric acid groups is 1. The number of nitrogens with zero attached hydrogens (tertiary/aromatic N) is 3. The van der Waals surface area contributed by atoms with Crippen LogP contribution in [0.2, 0.25) is 0 Å². The van der Waals surface area contributed by atoms with E-state index in [2.05, 4.69) is 56.7 Å². The number of rotatable bonds is 39. The lowest BCUT2D eigenvalue weighted by Gasteiger charge is -2.32. The van der Waals surface area contributed by atoms with Crippen molar-refractivity contribution in [3.8, 4) is 5.75 Å². The Morgan fingerprint density at radius 3 is 1.73 bits per heavy atom. The zero-order chi connectivity index (χ0) is 64.3. The van der Waals surface area contributed by atoms with Crippen LogP contribution in [-0.4, -0.2) is 197 Å². The molecule has 22 N–H and O–H groups in total. The van der Waals surface area contributed by atoms with Crippen molar-refractivity contribution in [3.63, 3.8) is 0 Å². The van der Waals surface area contributed by atoms with Crippen molar-refractivity contribution in [2.24, 2.45) is 33.8 Å². The van der Waals surface area contributed by atoms with E-state index in [1.807, 2.05) is 0 Å². The van der Waals surface area contributed by atoms with E-state index in [0.29, 0.717) is 32.2 Å². The second-order valence-corrected chi connectivity index (χ2v) is 21.5. The number of guanidine groups is 1. The fraction of sp³-hybridized carbons (Fsp3) is 0.588. The van der Waals surface area contributed by atoms with Gasteiger partial charge < -0.3 is 95.0 Å². The number of nitrogens with two attached hydrogens (primary N) is 4. The van der Waals surface area contributed by atoms with Crippen LogP contribution in [-0.2, 0) is 70.1 Å². The van der Waals surface area contributed by atoms with Gasteiger partial charge in [0.1, 0.15) is 54.1 Å². The first-order valence-electron chi connectivity index (χ1n) is 27.6. The van der Waals surface area contributed by atoms with Crippen LogP contribution in [0.4, 0.5) is 0 Å². The highest BCUT2D eigenvalue weighted by Crippen LogP contribution is 2.37. The number of hydrogen-bond donors (Lipinski definition) is 18. The molecule has 0 saturated carbocycles. The van der Waals surface area contributed by atoms with Gasteiger partial charge in [-0.1, -0.05) is 38.8 Å². The third-order valence-corrected chi connectivity index (χ3v) is 14.1. The summed E-state index contributed by atoms with van der Waals surface area (Å²) in [6.45, 7) is 2.70. The quantitative estimate of drug-likeness (QED) is 0.0130. The minimum Gasteiger partial charge on any atom is -0.481 e. The van der Waals surface area contributed by atoms with Gasteiger partial charge in [0.25, 0.3) is 0 Å². The largest absolute Gasteiger partial charge is 0.524 e. The van der Waals surface area contributed by atoms with Crippen LogP contribution < -0.4 is 64.7 Å². The van der Waals surface area contributed by atoms with E-state index in [-0.39, 0.29) is 68.2 Å². The van der Waals surface area contributed by atoms with Crippen molar-refractivity contribution in [3.05, 3.63) is 48.0 Å². The SMILES string of the molecule is CC[C@H](C)[C@H](NC(=O)[C@H](Cc1cnc[nH]1)NC(=O)[C@H](CCC(=O)O)NC(=O)[C@H](CCC(=O)O)NC(=O)[C@H](Cc1ccc(OP(=O)(O)O)cc1)NC(=O)[C@H](CO)NC(=O)[C@H](CCCN=C(N)N)NC(=O)[C@@H](N)CCCCN)C(=O)N1CCC[C@H]1C(=O)O. The summed E-state index contributed by atoms with van der Waals surface area (Å²) in [6, 6.07) is -9.33. The molecule has 1 aliphatic rings. The molecule has 0 spiro atoms. The van der Waals surface area contributed by atoms with Crippen LogP contribution in [0, 0.1) is 5.92 Å². The highest BCUT2D eigenvalue weighted by atomic mass is 31.2. The number of nitrogens with one attached hydrogen (secondary N) is 8. The molecule has 478 valence electrons. The average molecular weight is 1240 g/mol. The molecule has 35 heteroatoms. The molecule has 1 aromatic heterocycles. The van der Waals surface area contributed by atoms with Gasteiger partial charge >= 0.3 is 25.7 Å². The molecule has 34 nitrogen and oxygen atoms in total. The van der Waals surface area contributed by atoms with Gasteiger partial charge in [0.2, 0.25) is 47.3 Å².